The molecule has 0 saturated carbocycles. The van der Waals surface area contributed by atoms with Gasteiger partial charge >= 0.3 is 11.9 Å². The van der Waals surface area contributed by atoms with Gasteiger partial charge in [-0.25, -0.2) is 0 Å². The lowest BCUT2D eigenvalue weighted by Crippen LogP contribution is -2.65. The Bertz CT molecular complexity index is 1900. The molecule has 17 heteroatoms. The summed E-state index contributed by atoms with van der Waals surface area (Å²) in [5, 5.41) is 64.5. The molecule has 3 heterocycles. The first-order valence-electron chi connectivity index (χ1n) is 16.5. The second kappa shape index (κ2) is 16.1. The molecule has 2 aromatic carbocycles. The van der Waals surface area contributed by atoms with Crippen molar-refractivity contribution in [1.29, 1.82) is 0 Å². The van der Waals surface area contributed by atoms with Crippen LogP contribution in [0.2, 0.25) is 0 Å². The van der Waals surface area contributed by atoms with Crippen molar-refractivity contribution >= 4 is 22.9 Å². The lowest BCUT2D eigenvalue weighted by Gasteiger charge is -2.46. The van der Waals surface area contributed by atoms with Crippen molar-refractivity contribution in [2.45, 2.75) is 103 Å². The number of carbonyl (C=O) groups excluding carboxylic acids is 2. The Balaban J connectivity index is 1.61. The number of hydrogen-bond donors (Lipinski definition) is 6. The fourth-order valence-electron chi connectivity index (χ4n) is 5.97. The maximum Gasteiger partial charge on any atom is 0.305 e. The summed E-state index contributed by atoms with van der Waals surface area (Å²) in [5.41, 5.74) is 0.335. The fraction of sp³-hybridized carbons (Fsp3) is 0.472. The number of methoxy groups -OCH3 is 1. The van der Waals surface area contributed by atoms with Gasteiger partial charge in [0.2, 0.25) is 23.8 Å². The Labute approximate surface area is 302 Å². The SMILES string of the molecule is COc1ccc(-c2oc3c(CC=C(C)C)c(O)cc(O)c3c(=O)c2O[C@@H]2O[C@H](C)[C@H](OC(C)=O)[C@@H](O[C@@H]3O[C@H](OC(C)=O)[C@H](O)[C@H](O)[C@H]3O)[C@H]2O)cc1. The normalized spacial score (nSPS) is 28.6. The van der Waals surface area contributed by atoms with Gasteiger partial charge < -0.3 is 68.2 Å². The molecule has 0 bridgehead atoms. The zero-order chi connectivity index (χ0) is 38.9. The molecule has 2 saturated heterocycles. The van der Waals surface area contributed by atoms with Crippen molar-refractivity contribution < 1.29 is 77.8 Å². The number of fused-ring (bicyclic) bond motifs is 1. The van der Waals surface area contributed by atoms with Crippen LogP contribution in [0.4, 0.5) is 0 Å². The highest BCUT2D eigenvalue weighted by Crippen LogP contribution is 2.41. The summed E-state index contributed by atoms with van der Waals surface area (Å²) in [6.07, 6.45) is -15.5. The molecule has 53 heavy (non-hydrogen) atoms. The molecule has 2 aliphatic heterocycles. The number of rotatable bonds is 10. The first-order chi connectivity index (χ1) is 25.0. The van der Waals surface area contributed by atoms with Crippen molar-refractivity contribution in [3.8, 4) is 34.3 Å². The number of hydrogen-bond acceptors (Lipinski definition) is 17. The van der Waals surface area contributed by atoms with Crippen LogP contribution in [0.3, 0.4) is 0 Å². The third kappa shape index (κ3) is 8.26. The number of aliphatic hydroxyl groups excluding tert-OH is 4. The zero-order valence-electron chi connectivity index (χ0n) is 29.6. The molecule has 0 amide bonds. The number of aliphatic hydroxyl groups is 4. The van der Waals surface area contributed by atoms with Gasteiger partial charge in [-0.15, -0.1) is 0 Å². The predicted molar refractivity (Wildman–Crippen MR) is 181 cm³/mol. The van der Waals surface area contributed by atoms with Gasteiger partial charge in [0.05, 0.1) is 13.2 Å². The van der Waals surface area contributed by atoms with Crippen LogP contribution >= 0.6 is 0 Å². The smallest absolute Gasteiger partial charge is 0.305 e. The summed E-state index contributed by atoms with van der Waals surface area (Å²) in [4.78, 5) is 38.1. The molecular formula is C36H42O17. The van der Waals surface area contributed by atoms with E-state index in [0.29, 0.717) is 5.75 Å². The minimum Gasteiger partial charge on any atom is -0.507 e. The molecule has 0 spiro atoms. The van der Waals surface area contributed by atoms with Crippen LogP contribution in [0.15, 0.2) is 51.2 Å². The highest BCUT2D eigenvalue weighted by atomic mass is 16.8. The number of phenols is 2. The quantitative estimate of drug-likeness (QED) is 0.127. The van der Waals surface area contributed by atoms with E-state index in [4.69, 9.17) is 37.6 Å². The topological polar surface area (TPSA) is 250 Å². The number of ether oxygens (including phenoxy) is 7. The zero-order valence-corrected chi connectivity index (χ0v) is 29.6. The average Bonchev–Trinajstić information content (AvgIpc) is 3.09. The van der Waals surface area contributed by atoms with Crippen molar-refractivity contribution in [1.82, 2.24) is 0 Å². The Morgan fingerprint density at radius 1 is 0.811 bits per heavy atom. The second-order valence-corrected chi connectivity index (χ2v) is 12.8. The van der Waals surface area contributed by atoms with Crippen LogP contribution in [-0.2, 0) is 39.7 Å². The van der Waals surface area contributed by atoms with Gasteiger partial charge in [0.25, 0.3) is 0 Å². The predicted octanol–water partition coefficient (Wildman–Crippen LogP) is 1.52. The summed E-state index contributed by atoms with van der Waals surface area (Å²) < 4.78 is 45.1. The standard InChI is InChI=1S/C36H42O17/c1-14(2)7-12-20-21(39)13-22(40)23-24(41)32(30(50-31(20)23)18-8-10-19(46-6)11-9-18)51-36-28(45)33(29(15(3)47-36)48-16(4)37)52-35-27(44)25(42)26(43)34(53-35)49-17(5)38/h7-11,13,15,25-29,33-36,39-40,42-45H,12H2,1-6H3/t15-,25+,26-,27-,28-,29+,33+,34+,35-,36+/m1/s1. The lowest BCUT2D eigenvalue weighted by molar-refractivity contribution is -0.373. The fourth-order valence-corrected chi connectivity index (χ4v) is 5.97. The number of aromatic hydroxyl groups is 2. The highest BCUT2D eigenvalue weighted by molar-refractivity contribution is 5.91. The minimum absolute atomic E-state index is 0.133. The van der Waals surface area contributed by atoms with E-state index in [1.165, 1.54) is 14.0 Å². The van der Waals surface area contributed by atoms with E-state index in [0.717, 1.165) is 25.5 Å². The first kappa shape index (κ1) is 39.5. The van der Waals surface area contributed by atoms with Crippen molar-refractivity contribution in [2.24, 2.45) is 0 Å². The van der Waals surface area contributed by atoms with Gasteiger partial charge in [0, 0.05) is 31.0 Å². The van der Waals surface area contributed by atoms with Gasteiger partial charge in [0.15, 0.2) is 18.2 Å². The van der Waals surface area contributed by atoms with Gasteiger partial charge in [0.1, 0.15) is 58.7 Å². The van der Waals surface area contributed by atoms with Gasteiger partial charge in [-0.1, -0.05) is 11.6 Å². The molecule has 17 nitrogen and oxygen atoms in total. The monoisotopic (exact) mass is 746 g/mol. The Morgan fingerprint density at radius 2 is 1.45 bits per heavy atom. The van der Waals surface area contributed by atoms with Crippen molar-refractivity contribution in [3.05, 3.63) is 57.8 Å². The van der Waals surface area contributed by atoms with Gasteiger partial charge in [-0.2, -0.15) is 0 Å². The molecule has 2 fully saturated rings. The lowest BCUT2D eigenvalue weighted by atomic mass is 9.98. The molecule has 0 aliphatic carbocycles. The van der Waals surface area contributed by atoms with Crippen LogP contribution < -0.4 is 14.9 Å². The molecule has 0 unspecified atom stereocenters. The maximum atomic E-state index is 14.3. The number of allylic oxidation sites excluding steroid dienone is 2. The van der Waals surface area contributed by atoms with Gasteiger partial charge in [-0.05, 0) is 51.5 Å². The molecule has 3 aromatic rings. The number of benzene rings is 2. The van der Waals surface area contributed by atoms with E-state index >= 15 is 0 Å². The van der Waals surface area contributed by atoms with E-state index in [2.05, 4.69) is 0 Å². The Kier molecular flexibility index (Phi) is 12.0. The van der Waals surface area contributed by atoms with Crippen molar-refractivity contribution in [2.75, 3.05) is 7.11 Å². The van der Waals surface area contributed by atoms with Crippen molar-refractivity contribution in [3.63, 3.8) is 0 Å². The maximum absolute atomic E-state index is 14.3. The summed E-state index contributed by atoms with van der Waals surface area (Å²) in [7, 11) is 1.46. The molecule has 1 aromatic heterocycles. The van der Waals surface area contributed by atoms with Crippen LogP contribution in [0, 0.1) is 0 Å². The van der Waals surface area contributed by atoms with Crippen LogP contribution in [-0.4, -0.2) is 111 Å². The highest BCUT2D eigenvalue weighted by Gasteiger charge is 2.53. The molecule has 10 atom stereocenters. The molecule has 6 N–H and O–H groups in total. The first-order valence-corrected chi connectivity index (χ1v) is 16.5. The van der Waals surface area contributed by atoms with E-state index in [-0.39, 0.29) is 40.0 Å². The summed E-state index contributed by atoms with van der Waals surface area (Å²) in [5.74, 6) is -2.93. The molecule has 2 aliphatic rings. The summed E-state index contributed by atoms with van der Waals surface area (Å²) in [6.45, 7) is 7.22. The molecule has 5 rings (SSSR count). The summed E-state index contributed by atoms with van der Waals surface area (Å²) in [6, 6.07) is 7.27. The molecule has 0 radical (unpaired) electrons. The van der Waals surface area contributed by atoms with Gasteiger partial charge in [-0.3, -0.25) is 14.4 Å². The summed E-state index contributed by atoms with van der Waals surface area (Å²) >= 11 is 0. The van der Waals surface area contributed by atoms with Crippen LogP contribution in [0.25, 0.3) is 22.3 Å². The number of carbonyl (C=O) groups is 2. The van der Waals surface area contributed by atoms with E-state index in [1.807, 2.05) is 13.8 Å². The Morgan fingerprint density at radius 3 is 2.06 bits per heavy atom. The molecule has 288 valence electrons. The third-order valence-corrected chi connectivity index (χ3v) is 8.64. The largest absolute Gasteiger partial charge is 0.507 e. The van der Waals surface area contributed by atoms with Crippen LogP contribution in [0.1, 0.15) is 40.2 Å². The Hall–Kier alpha value is -4.75. The molecular weight excluding hydrogens is 704 g/mol. The number of esters is 2. The number of phenolic OH excluding ortho intramolecular Hbond substituents is 2. The average molecular weight is 747 g/mol. The van der Waals surface area contributed by atoms with E-state index in [1.54, 1.807) is 30.3 Å². The second-order valence-electron chi connectivity index (χ2n) is 12.8. The van der Waals surface area contributed by atoms with Crippen LogP contribution in [0.5, 0.6) is 23.0 Å². The van der Waals surface area contributed by atoms with E-state index < -0.39 is 90.5 Å². The third-order valence-electron chi connectivity index (χ3n) is 8.64. The van der Waals surface area contributed by atoms with E-state index in [9.17, 15) is 45.0 Å². The minimum atomic E-state index is -1.96.